The topological polar surface area (TPSA) is 32.3 Å². The van der Waals surface area contributed by atoms with E-state index in [-0.39, 0.29) is 5.91 Å². The van der Waals surface area contributed by atoms with Crippen LogP contribution in [0, 0.1) is 0 Å². The van der Waals surface area contributed by atoms with E-state index in [4.69, 9.17) is 0 Å². The summed E-state index contributed by atoms with van der Waals surface area (Å²) in [7, 11) is 0. The number of benzene rings is 2. The van der Waals surface area contributed by atoms with Gasteiger partial charge in [0, 0.05) is 18.7 Å². The van der Waals surface area contributed by atoms with Crippen molar-refractivity contribution in [3.05, 3.63) is 60.2 Å². The van der Waals surface area contributed by atoms with Crippen LogP contribution in [0.4, 0.5) is 0 Å². The quantitative estimate of drug-likeness (QED) is 0.933. The summed E-state index contributed by atoms with van der Waals surface area (Å²) >= 11 is 0. The Morgan fingerprint density at radius 3 is 2.10 bits per heavy atom. The number of hydrazine groups is 1. The van der Waals surface area contributed by atoms with Gasteiger partial charge in [-0.15, -0.1) is 0 Å². The van der Waals surface area contributed by atoms with Gasteiger partial charge in [0.2, 0.25) is 0 Å². The molecule has 1 amide bonds. The summed E-state index contributed by atoms with van der Waals surface area (Å²) in [5, 5.41) is 2.02. The zero-order chi connectivity index (χ0) is 14.5. The number of carbonyl (C=O) groups is 1. The average molecular weight is 280 g/mol. The van der Waals surface area contributed by atoms with Gasteiger partial charge in [-0.05, 0) is 36.1 Å². The molecule has 2 aromatic rings. The molecule has 0 atom stereocenters. The standard InChI is InChI=1S/C18H20N2O/c21-18(19-20-13-5-2-6-14-20)17-11-9-16(10-12-17)15-7-3-1-4-8-15/h1,3-4,7-12H,2,5-6,13-14H2,(H,19,21). The largest absolute Gasteiger partial charge is 0.285 e. The molecule has 1 aliphatic rings. The lowest BCUT2D eigenvalue weighted by atomic mass is 10.0. The molecule has 0 radical (unpaired) electrons. The van der Waals surface area contributed by atoms with Crippen LogP contribution in [-0.4, -0.2) is 24.0 Å². The van der Waals surface area contributed by atoms with E-state index in [0.29, 0.717) is 5.56 Å². The third-order valence-electron chi connectivity index (χ3n) is 3.87. The first-order chi connectivity index (χ1) is 10.3. The maximum atomic E-state index is 12.2. The van der Waals surface area contributed by atoms with Gasteiger partial charge in [0.1, 0.15) is 0 Å². The van der Waals surface area contributed by atoms with Crippen LogP contribution in [0.3, 0.4) is 0 Å². The van der Waals surface area contributed by atoms with Gasteiger partial charge in [-0.1, -0.05) is 48.9 Å². The Morgan fingerprint density at radius 2 is 1.43 bits per heavy atom. The number of amides is 1. The highest BCUT2D eigenvalue weighted by molar-refractivity contribution is 5.94. The van der Waals surface area contributed by atoms with Crippen LogP contribution >= 0.6 is 0 Å². The molecule has 0 aliphatic carbocycles. The summed E-state index contributed by atoms with van der Waals surface area (Å²) < 4.78 is 0. The summed E-state index contributed by atoms with van der Waals surface area (Å²) in [5.74, 6) is -0.0171. The van der Waals surface area contributed by atoms with Gasteiger partial charge in [-0.25, -0.2) is 5.01 Å². The lowest BCUT2D eigenvalue weighted by Gasteiger charge is -2.26. The van der Waals surface area contributed by atoms with Crippen molar-refractivity contribution < 1.29 is 4.79 Å². The summed E-state index contributed by atoms with van der Waals surface area (Å²) in [5.41, 5.74) is 5.99. The molecule has 3 heteroatoms. The monoisotopic (exact) mass is 280 g/mol. The second-order valence-electron chi connectivity index (χ2n) is 5.43. The minimum atomic E-state index is -0.0171. The second-order valence-corrected chi connectivity index (χ2v) is 5.43. The lowest BCUT2D eigenvalue weighted by Crippen LogP contribution is -2.45. The highest BCUT2D eigenvalue weighted by Crippen LogP contribution is 2.19. The third kappa shape index (κ3) is 3.50. The molecular weight excluding hydrogens is 260 g/mol. The van der Waals surface area contributed by atoms with Crippen molar-refractivity contribution in [1.82, 2.24) is 10.4 Å². The van der Waals surface area contributed by atoms with Crippen molar-refractivity contribution >= 4 is 5.91 Å². The Morgan fingerprint density at radius 1 is 0.810 bits per heavy atom. The SMILES string of the molecule is O=C(NN1CCCCC1)c1ccc(-c2ccccc2)cc1. The molecule has 1 aliphatic heterocycles. The first kappa shape index (κ1) is 13.8. The fraction of sp³-hybridized carbons (Fsp3) is 0.278. The van der Waals surface area contributed by atoms with Gasteiger partial charge < -0.3 is 0 Å². The first-order valence-corrected chi connectivity index (χ1v) is 7.54. The Labute approximate surface area is 125 Å². The number of carbonyl (C=O) groups excluding carboxylic acids is 1. The van der Waals surface area contributed by atoms with Crippen LogP contribution < -0.4 is 5.43 Å². The molecule has 0 unspecified atom stereocenters. The normalized spacial score (nSPS) is 15.6. The molecule has 0 spiro atoms. The Bertz CT molecular complexity index is 586. The molecule has 1 fully saturated rings. The van der Waals surface area contributed by atoms with E-state index in [1.54, 1.807) is 0 Å². The lowest BCUT2D eigenvalue weighted by molar-refractivity contribution is 0.0750. The van der Waals surface area contributed by atoms with E-state index in [0.717, 1.165) is 31.5 Å². The molecule has 3 nitrogen and oxygen atoms in total. The molecule has 21 heavy (non-hydrogen) atoms. The highest BCUT2D eigenvalue weighted by atomic mass is 16.2. The summed E-state index contributed by atoms with van der Waals surface area (Å²) in [6.07, 6.45) is 3.58. The maximum Gasteiger partial charge on any atom is 0.265 e. The molecular formula is C18H20N2O. The van der Waals surface area contributed by atoms with Crippen molar-refractivity contribution in [3.8, 4) is 11.1 Å². The fourth-order valence-corrected chi connectivity index (χ4v) is 2.66. The number of hydrogen-bond acceptors (Lipinski definition) is 2. The predicted octanol–water partition coefficient (Wildman–Crippen LogP) is 3.48. The van der Waals surface area contributed by atoms with Crippen LogP contribution in [0.1, 0.15) is 29.6 Å². The first-order valence-electron chi connectivity index (χ1n) is 7.54. The van der Waals surface area contributed by atoms with E-state index in [9.17, 15) is 4.79 Å². The van der Waals surface area contributed by atoms with Crippen molar-refractivity contribution in [2.24, 2.45) is 0 Å². The predicted molar refractivity (Wildman–Crippen MR) is 84.8 cm³/mol. The van der Waals surface area contributed by atoms with Gasteiger partial charge >= 0.3 is 0 Å². The van der Waals surface area contributed by atoms with E-state index in [1.807, 2.05) is 47.5 Å². The minimum absolute atomic E-state index is 0.0171. The number of piperidine rings is 1. The molecule has 108 valence electrons. The van der Waals surface area contributed by atoms with Crippen molar-refractivity contribution in [2.45, 2.75) is 19.3 Å². The second kappa shape index (κ2) is 6.55. The molecule has 3 rings (SSSR count). The summed E-state index contributed by atoms with van der Waals surface area (Å²) in [6.45, 7) is 1.90. The maximum absolute atomic E-state index is 12.2. The minimum Gasteiger partial charge on any atom is -0.285 e. The highest BCUT2D eigenvalue weighted by Gasteiger charge is 2.13. The van der Waals surface area contributed by atoms with Crippen LogP contribution in [0.25, 0.3) is 11.1 Å². The van der Waals surface area contributed by atoms with Gasteiger partial charge in [0.15, 0.2) is 0 Å². The molecule has 0 saturated carbocycles. The zero-order valence-electron chi connectivity index (χ0n) is 12.1. The molecule has 0 bridgehead atoms. The van der Waals surface area contributed by atoms with Gasteiger partial charge in [-0.2, -0.15) is 0 Å². The summed E-state index contributed by atoms with van der Waals surface area (Å²) in [4.78, 5) is 12.2. The molecule has 0 aromatic heterocycles. The summed E-state index contributed by atoms with van der Waals surface area (Å²) in [6, 6.07) is 18.0. The number of hydrogen-bond donors (Lipinski definition) is 1. The molecule has 1 N–H and O–H groups in total. The number of nitrogens with one attached hydrogen (secondary N) is 1. The zero-order valence-corrected chi connectivity index (χ0v) is 12.1. The number of nitrogens with zero attached hydrogens (tertiary/aromatic N) is 1. The van der Waals surface area contributed by atoms with Gasteiger partial charge in [-0.3, -0.25) is 10.2 Å². The van der Waals surface area contributed by atoms with Crippen molar-refractivity contribution in [1.29, 1.82) is 0 Å². The molecule has 1 heterocycles. The molecule has 2 aromatic carbocycles. The van der Waals surface area contributed by atoms with Gasteiger partial charge in [0.05, 0.1) is 0 Å². The smallest absolute Gasteiger partial charge is 0.265 e. The number of rotatable bonds is 3. The Hall–Kier alpha value is -2.13. The van der Waals surface area contributed by atoms with E-state index >= 15 is 0 Å². The Balaban J connectivity index is 1.67. The fourth-order valence-electron chi connectivity index (χ4n) is 2.66. The molecule has 1 saturated heterocycles. The third-order valence-corrected chi connectivity index (χ3v) is 3.87. The van der Waals surface area contributed by atoms with Crippen molar-refractivity contribution in [2.75, 3.05) is 13.1 Å². The van der Waals surface area contributed by atoms with E-state index in [2.05, 4.69) is 17.6 Å². The van der Waals surface area contributed by atoms with Crippen molar-refractivity contribution in [3.63, 3.8) is 0 Å². The van der Waals surface area contributed by atoms with Crippen LogP contribution in [-0.2, 0) is 0 Å². The van der Waals surface area contributed by atoms with Crippen LogP contribution in [0.15, 0.2) is 54.6 Å². The Kier molecular flexibility index (Phi) is 4.31. The van der Waals surface area contributed by atoms with Gasteiger partial charge in [0.25, 0.3) is 5.91 Å². The average Bonchev–Trinajstić information content (AvgIpc) is 2.57. The van der Waals surface area contributed by atoms with E-state index < -0.39 is 0 Å². The van der Waals surface area contributed by atoms with Crippen LogP contribution in [0.5, 0.6) is 0 Å². The van der Waals surface area contributed by atoms with E-state index in [1.165, 1.54) is 12.0 Å². The van der Waals surface area contributed by atoms with Crippen LogP contribution in [0.2, 0.25) is 0 Å².